The molecule has 1 saturated carbocycles. The lowest BCUT2D eigenvalue weighted by Crippen LogP contribution is -2.46. The summed E-state index contributed by atoms with van der Waals surface area (Å²) in [5.74, 6) is 0.277. The Hall–Kier alpha value is -1.36. The molecule has 0 aromatic carbocycles. The third-order valence-corrected chi connectivity index (χ3v) is 5.68. The summed E-state index contributed by atoms with van der Waals surface area (Å²) in [5.41, 5.74) is 1.34. The Morgan fingerprint density at radius 3 is 3.00 bits per heavy atom. The van der Waals surface area contributed by atoms with Gasteiger partial charge in [-0.2, -0.15) is 5.10 Å². The second-order valence-corrected chi connectivity index (χ2v) is 7.09. The second-order valence-electron chi connectivity index (χ2n) is 7.09. The molecule has 5 nitrogen and oxygen atoms in total. The summed E-state index contributed by atoms with van der Waals surface area (Å²) in [6.45, 7) is 5.93. The van der Waals surface area contributed by atoms with Gasteiger partial charge in [-0.05, 0) is 44.1 Å². The van der Waals surface area contributed by atoms with Crippen LogP contribution in [-0.2, 0) is 16.1 Å². The quantitative estimate of drug-likeness (QED) is 0.858. The minimum atomic E-state index is 0.232. The first-order chi connectivity index (χ1) is 10.5. The average Bonchev–Trinajstić information content (AvgIpc) is 3.06. The van der Waals surface area contributed by atoms with Gasteiger partial charge in [-0.3, -0.25) is 9.48 Å². The minimum absolute atomic E-state index is 0.232. The van der Waals surface area contributed by atoms with Crippen molar-refractivity contribution >= 4 is 5.91 Å². The van der Waals surface area contributed by atoms with Crippen LogP contribution in [0.15, 0.2) is 12.3 Å². The summed E-state index contributed by atoms with van der Waals surface area (Å²) in [4.78, 5) is 14.8. The molecule has 1 aromatic heterocycles. The first kappa shape index (κ1) is 15.5. The van der Waals surface area contributed by atoms with Crippen LogP contribution in [0.25, 0.3) is 0 Å². The predicted molar refractivity (Wildman–Crippen MR) is 84.5 cm³/mol. The van der Waals surface area contributed by atoms with Crippen LogP contribution < -0.4 is 0 Å². The molecule has 122 valence electrons. The lowest BCUT2D eigenvalue weighted by atomic mass is 9.71. The van der Waals surface area contributed by atoms with Gasteiger partial charge in [0.2, 0.25) is 5.91 Å². The summed E-state index contributed by atoms with van der Waals surface area (Å²) in [6, 6.07) is 2.37. The number of hydrogen-bond acceptors (Lipinski definition) is 3. The zero-order valence-electron chi connectivity index (χ0n) is 13.9. The minimum Gasteiger partial charge on any atom is -0.381 e. The van der Waals surface area contributed by atoms with Crippen LogP contribution in [0.3, 0.4) is 0 Å². The second kappa shape index (κ2) is 6.03. The van der Waals surface area contributed by atoms with Crippen LogP contribution in [0.5, 0.6) is 0 Å². The van der Waals surface area contributed by atoms with Gasteiger partial charge in [-0.1, -0.05) is 6.92 Å². The van der Waals surface area contributed by atoms with Crippen LogP contribution in [0, 0.1) is 12.3 Å². The summed E-state index contributed by atoms with van der Waals surface area (Å²) >= 11 is 0. The number of likely N-dealkylation sites (tertiary alicyclic amines) is 1. The molecule has 1 saturated heterocycles. The van der Waals surface area contributed by atoms with E-state index in [0.29, 0.717) is 25.1 Å². The molecule has 5 heteroatoms. The highest BCUT2D eigenvalue weighted by molar-refractivity contribution is 5.77. The molecular formula is C17H27N3O2. The van der Waals surface area contributed by atoms with Crippen molar-refractivity contribution in [3.8, 4) is 0 Å². The first-order valence-corrected chi connectivity index (χ1v) is 8.34. The van der Waals surface area contributed by atoms with Crippen molar-refractivity contribution in [1.29, 1.82) is 0 Å². The fourth-order valence-corrected chi connectivity index (χ4v) is 4.26. The maximum Gasteiger partial charge on any atom is 0.224 e. The van der Waals surface area contributed by atoms with E-state index in [-0.39, 0.29) is 11.3 Å². The maximum atomic E-state index is 12.7. The lowest BCUT2D eigenvalue weighted by Gasteiger charge is -2.42. The molecule has 3 atom stereocenters. The fraction of sp³-hybridized carbons (Fsp3) is 0.765. The highest BCUT2D eigenvalue weighted by Gasteiger charge is 2.48. The fourth-order valence-electron chi connectivity index (χ4n) is 4.26. The Morgan fingerprint density at radius 2 is 2.32 bits per heavy atom. The monoisotopic (exact) mass is 305 g/mol. The van der Waals surface area contributed by atoms with E-state index in [2.05, 4.69) is 16.9 Å². The molecular weight excluding hydrogens is 278 g/mol. The van der Waals surface area contributed by atoms with Crippen molar-refractivity contribution < 1.29 is 9.53 Å². The number of carbonyl (C=O) groups is 1. The highest BCUT2D eigenvalue weighted by Crippen LogP contribution is 2.47. The third kappa shape index (κ3) is 2.78. The Bertz CT molecular complexity index is 542. The summed E-state index contributed by atoms with van der Waals surface area (Å²) in [5, 5.41) is 4.26. The number of nitrogens with zero attached hydrogens (tertiary/aromatic N) is 3. The van der Waals surface area contributed by atoms with Crippen LogP contribution in [0.1, 0.15) is 44.7 Å². The van der Waals surface area contributed by atoms with Gasteiger partial charge in [0.15, 0.2) is 0 Å². The molecule has 1 amide bonds. The Labute approximate surface area is 132 Å². The Balaban J connectivity index is 1.61. The van der Waals surface area contributed by atoms with Gasteiger partial charge in [0, 0.05) is 44.6 Å². The molecule has 0 bridgehead atoms. The van der Waals surface area contributed by atoms with Gasteiger partial charge in [0.25, 0.3) is 0 Å². The smallest absolute Gasteiger partial charge is 0.224 e. The van der Waals surface area contributed by atoms with Crippen molar-refractivity contribution in [3.63, 3.8) is 0 Å². The molecule has 2 heterocycles. The SMILES string of the molecule is CO[C@@H]1CC[C@H]2N(C(=O)CCn3nccc3C)CC[C@@]2(C)C1. The van der Waals surface area contributed by atoms with Crippen molar-refractivity contribution in [2.75, 3.05) is 13.7 Å². The summed E-state index contributed by atoms with van der Waals surface area (Å²) in [6.07, 6.45) is 7.02. The van der Waals surface area contributed by atoms with E-state index < -0.39 is 0 Å². The van der Waals surface area contributed by atoms with Crippen LogP contribution in [0.2, 0.25) is 0 Å². The van der Waals surface area contributed by atoms with E-state index in [4.69, 9.17) is 4.74 Å². The first-order valence-electron chi connectivity index (χ1n) is 8.34. The zero-order chi connectivity index (χ0) is 15.7. The number of aromatic nitrogens is 2. The average molecular weight is 305 g/mol. The number of amides is 1. The van der Waals surface area contributed by atoms with Gasteiger partial charge in [-0.25, -0.2) is 0 Å². The number of fused-ring (bicyclic) bond motifs is 1. The molecule has 1 aliphatic heterocycles. The zero-order valence-corrected chi connectivity index (χ0v) is 13.9. The van der Waals surface area contributed by atoms with E-state index in [9.17, 15) is 4.79 Å². The molecule has 1 aliphatic carbocycles. The molecule has 3 rings (SSSR count). The van der Waals surface area contributed by atoms with Crippen LogP contribution >= 0.6 is 0 Å². The van der Waals surface area contributed by atoms with Crippen LogP contribution in [0.4, 0.5) is 0 Å². The van der Waals surface area contributed by atoms with E-state index in [1.807, 2.05) is 17.7 Å². The Kier molecular flexibility index (Phi) is 4.26. The highest BCUT2D eigenvalue weighted by atomic mass is 16.5. The number of aryl methyl sites for hydroxylation is 2. The maximum absolute atomic E-state index is 12.7. The van der Waals surface area contributed by atoms with E-state index >= 15 is 0 Å². The van der Waals surface area contributed by atoms with Crippen molar-refractivity contribution in [2.45, 2.75) is 64.6 Å². The van der Waals surface area contributed by atoms with Gasteiger partial charge < -0.3 is 9.64 Å². The normalized spacial score (nSPS) is 31.3. The number of ether oxygens (including phenoxy) is 1. The van der Waals surface area contributed by atoms with Gasteiger partial charge in [0.05, 0.1) is 6.10 Å². The number of methoxy groups -OCH3 is 1. The Morgan fingerprint density at radius 1 is 1.50 bits per heavy atom. The molecule has 0 unspecified atom stereocenters. The van der Waals surface area contributed by atoms with Crippen LogP contribution in [-0.4, -0.2) is 46.4 Å². The van der Waals surface area contributed by atoms with E-state index in [1.165, 1.54) is 0 Å². The predicted octanol–water partition coefficient (Wildman–Crippen LogP) is 2.39. The van der Waals surface area contributed by atoms with Crippen molar-refractivity contribution in [2.24, 2.45) is 5.41 Å². The number of rotatable bonds is 4. The molecule has 0 spiro atoms. The molecule has 22 heavy (non-hydrogen) atoms. The lowest BCUT2D eigenvalue weighted by molar-refractivity contribution is -0.134. The molecule has 2 aliphatic rings. The molecule has 1 aromatic rings. The summed E-state index contributed by atoms with van der Waals surface area (Å²) < 4.78 is 7.47. The standard InChI is InChI=1S/C17H27N3O2/c1-13-6-9-18-20(13)10-7-16(21)19-11-8-17(2)12-14(22-3)4-5-15(17)19/h6,9,14-15H,4-5,7-8,10-12H2,1-3H3/t14-,15-,17+/m1/s1. The molecule has 0 radical (unpaired) electrons. The van der Waals surface area contributed by atoms with E-state index in [0.717, 1.165) is 37.9 Å². The van der Waals surface area contributed by atoms with Gasteiger partial charge in [-0.15, -0.1) is 0 Å². The van der Waals surface area contributed by atoms with Crippen molar-refractivity contribution in [1.82, 2.24) is 14.7 Å². The number of carbonyl (C=O) groups excluding carboxylic acids is 1. The number of hydrogen-bond donors (Lipinski definition) is 0. The third-order valence-electron chi connectivity index (χ3n) is 5.68. The largest absolute Gasteiger partial charge is 0.381 e. The molecule has 0 N–H and O–H groups in total. The van der Waals surface area contributed by atoms with E-state index in [1.54, 1.807) is 13.3 Å². The van der Waals surface area contributed by atoms with Gasteiger partial charge in [0.1, 0.15) is 0 Å². The topological polar surface area (TPSA) is 47.4 Å². The van der Waals surface area contributed by atoms with Crippen molar-refractivity contribution in [3.05, 3.63) is 18.0 Å². The molecule has 2 fully saturated rings. The van der Waals surface area contributed by atoms with Gasteiger partial charge >= 0.3 is 0 Å². The summed E-state index contributed by atoms with van der Waals surface area (Å²) in [7, 11) is 1.80.